The van der Waals surface area contributed by atoms with Crippen molar-refractivity contribution in [3.63, 3.8) is 0 Å². The van der Waals surface area contributed by atoms with Gasteiger partial charge in [-0.25, -0.2) is 12.8 Å². The lowest BCUT2D eigenvalue weighted by molar-refractivity contribution is 0.598. The molecule has 0 fully saturated rings. The minimum Gasteiger partial charge on any atom is -0.388 e. The first-order chi connectivity index (χ1) is 9.42. The summed E-state index contributed by atoms with van der Waals surface area (Å²) in [5, 5.41) is 3.12. The van der Waals surface area contributed by atoms with Crippen LogP contribution < -0.4 is 10.0 Å². The Bertz CT molecular complexity index is 718. The molecule has 4 nitrogen and oxygen atoms in total. The molecule has 0 aliphatic rings. The fraction of sp³-hybridized carbons (Fsp3) is 0.0769. The van der Waals surface area contributed by atoms with Crippen LogP contribution in [0.5, 0.6) is 0 Å². The van der Waals surface area contributed by atoms with E-state index in [0.717, 1.165) is 11.8 Å². The van der Waals surface area contributed by atoms with Gasteiger partial charge in [-0.05, 0) is 42.5 Å². The Kier molecular flexibility index (Phi) is 4.15. The van der Waals surface area contributed by atoms with E-state index < -0.39 is 15.8 Å². The van der Waals surface area contributed by atoms with Gasteiger partial charge in [0.1, 0.15) is 5.82 Å². The van der Waals surface area contributed by atoms with Crippen LogP contribution in [0.1, 0.15) is 0 Å². The van der Waals surface area contributed by atoms with Crippen LogP contribution in [0.15, 0.2) is 47.4 Å². The predicted octanol–water partition coefficient (Wildman–Crippen LogP) is 3.32. The number of nitrogens with one attached hydrogen (secondary N) is 2. The number of rotatable bonds is 4. The number of sulfonamides is 1. The van der Waals surface area contributed by atoms with Crippen LogP contribution in [0, 0.1) is 5.82 Å². The normalized spacial score (nSPS) is 11.2. The lowest BCUT2D eigenvalue weighted by Crippen LogP contribution is -2.14. The lowest BCUT2D eigenvalue weighted by atomic mass is 10.3. The maximum Gasteiger partial charge on any atom is 0.261 e. The van der Waals surface area contributed by atoms with Crippen molar-refractivity contribution in [2.24, 2.45) is 0 Å². The zero-order chi connectivity index (χ0) is 14.8. The van der Waals surface area contributed by atoms with Crippen LogP contribution in [0.4, 0.5) is 15.8 Å². The van der Waals surface area contributed by atoms with E-state index in [1.54, 1.807) is 19.2 Å². The molecular weight excluding hydrogens is 303 g/mol. The molecule has 0 heterocycles. The molecular formula is C13H12ClFN2O2S. The number of anilines is 2. The average molecular weight is 315 g/mol. The van der Waals surface area contributed by atoms with E-state index in [1.807, 2.05) is 0 Å². The molecule has 2 aromatic carbocycles. The SMILES string of the molecule is CNc1ccc(S(=O)(=O)Nc2cc(Cl)ccc2F)cc1. The molecule has 0 amide bonds. The second kappa shape index (κ2) is 5.68. The maximum atomic E-state index is 13.5. The first-order valence-corrected chi connectivity index (χ1v) is 7.54. The minimum atomic E-state index is -3.85. The first kappa shape index (κ1) is 14.6. The van der Waals surface area contributed by atoms with E-state index in [-0.39, 0.29) is 15.6 Å². The number of hydrogen-bond acceptors (Lipinski definition) is 3. The highest BCUT2D eigenvalue weighted by Gasteiger charge is 2.16. The third-order valence-corrected chi connectivity index (χ3v) is 4.24. The summed E-state index contributed by atoms with van der Waals surface area (Å²) in [6.07, 6.45) is 0. The summed E-state index contributed by atoms with van der Waals surface area (Å²) in [7, 11) is -2.13. The molecule has 0 aromatic heterocycles. The number of hydrogen-bond donors (Lipinski definition) is 2. The molecule has 0 saturated heterocycles. The van der Waals surface area contributed by atoms with Gasteiger partial charge >= 0.3 is 0 Å². The summed E-state index contributed by atoms with van der Waals surface area (Å²) in [5.41, 5.74) is 0.591. The molecule has 0 bridgehead atoms. The Hall–Kier alpha value is -1.79. The quantitative estimate of drug-likeness (QED) is 0.910. The largest absolute Gasteiger partial charge is 0.388 e. The van der Waals surface area contributed by atoms with Gasteiger partial charge in [0.25, 0.3) is 10.0 Å². The fourth-order valence-corrected chi connectivity index (χ4v) is 2.81. The van der Waals surface area contributed by atoms with Crippen molar-refractivity contribution in [1.82, 2.24) is 0 Å². The lowest BCUT2D eigenvalue weighted by Gasteiger charge is -2.10. The highest BCUT2D eigenvalue weighted by molar-refractivity contribution is 7.92. The third-order valence-electron chi connectivity index (χ3n) is 2.63. The van der Waals surface area contributed by atoms with Crippen molar-refractivity contribution in [3.8, 4) is 0 Å². The van der Waals surface area contributed by atoms with Crippen LogP contribution in [-0.2, 0) is 10.0 Å². The first-order valence-electron chi connectivity index (χ1n) is 5.68. The standard InChI is InChI=1S/C13H12ClFN2O2S/c1-16-10-3-5-11(6-4-10)20(18,19)17-13-8-9(14)2-7-12(13)15/h2-8,16-17H,1H3. The molecule has 20 heavy (non-hydrogen) atoms. The maximum absolute atomic E-state index is 13.5. The summed E-state index contributed by atoms with van der Waals surface area (Å²) in [5.74, 6) is -0.690. The van der Waals surface area contributed by atoms with Gasteiger partial charge < -0.3 is 5.32 Å². The van der Waals surface area contributed by atoms with Crippen molar-refractivity contribution < 1.29 is 12.8 Å². The van der Waals surface area contributed by atoms with Gasteiger partial charge in [-0.2, -0.15) is 0 Å². The summed E-state index contributed by atoms with van der Waals surface area (Å²) in [4.78, 5) is 0.0378. The molecule has 106 valence electrons. The van der Waals surface area contributed by atoms with Crippen LogP contribution in [0.25, 0.3) is 0 Å². The van der Waals surface area contributed by atoms with Gasteiger partial charge in [-0.1, -0.05) is 11.6 Å². The zero-order valence-corrected chi connectivity index (χ0v) is 12.1. The van der Waals surface area contributed by atoms with Crippen molar-refractivity contribution in [2.75, 3.05) is 17.1 Å². The Morgan fingerprint density at radius 2 is 1.75 bits per heavy atom. The predicted molar refractivity (Wildman–Crippen MR) is 78.2 cm³/mol. The highest BCUT2D eigenvalue weighted by atomic mass is 35.5. The number of halogens is 2. The van der Waals surface area contributed by atoms with Crippen LogP contribution in [0.2, 0.25) is 5.02 Å². The van der Waals surface area contributed by atoms with Gasteiger partial charge in [0.2, 0.25) is 0 Å². The molecule has 7 heteroatoms. The molecule has 0 radical (unpaired) electrons. The van der Waals surface area contributed by atoms with Gasteiger partial charge in [-0.15, -0.1) is 0 Å². The highest BCUT2D eigenvalue weighted by Crippen LogP contribution is 2.23. The fourth-order valence-electron chi connectivity index (χ4n) is 1.58. The van der Waals surface area contributed by atoms with E-state index in [2.05, 4.69) is 10.0 Å². The average Bonchev–Trinajstić information content (AvgIpc) is 2.43. The van der Waals surface area contributed by atoms with Crippen LogP contribution in [-0.4, -0.2) is 15.5 Å². The van der Waals surface area contributed by atoms with Crippen molar-refractivity contribution >= 4 is 33.0 Å². The van der Waals surface area contributed by atoms with Gasteiger partial charge in [0.15, 0.2) is 0 Å². The summed E-state index contributed by atoms with van der Waals surface area (Å²) in [6, 6.07) is 9.75. The molecule has 0 aliphatic heterocycles. The summed E-state index contributed by atoms with van der Waals surface area (Å²) in [6.45, 7) is 0. The van der Waals surface area contributed by atoms with Crippen LogP contribution >= 0.6 is 11.6 Å². The molecule has 0 spiro atoms. The van der Waals surface area contributed by atoms with E-state index in [4.69, 9.17) is 11.6 Å². The van der Waals surface area contributed by atoms with Crippen molar-refractivity contribution in [3.05, 3.63) is 53.3 Å². The van der Waals surface area contributed by atoms with E-state index in [9.17, 15) is 12.8 Å². The Balaban J connectivity index is 2.32. The Morgan fingerprint density at radius 1 is 1.10 bits per heavy atom. The molecule has 2 rings (SSSR count). The monoisotopic (exact) mass is 314 g/mol. The molecule has 0 unspecified atom stereocenters. The van der Waals surface area contributed by atoms with Gasteiger partial charge in [-0.3, -0.25) is 4.72 Å². The second-order valence-electron chi connectivity index (χ2n) is 4.00. The van der Waals surface area contributed by atoms with Crippen molar-refractivity contribution in [1.29, 1.82) is 0 Å². The topological polar surface area (TPSA) is 58.2 Å². The van der Waals surface area contributed by atoms with Gasteiger partial charge in [0.05, 0.1) is 10.6 Å². The third kappa shape index (κ3) is 3.20. The van der Waals surface area contributed by atoms with E-state index >= 15 is 0 Å². The Labute approximate surface area is 121 Å². The smallest absolute Gasteiger partial charge is 0.261 e. The summed E-state index contributed by atoms with van der Waals surface area (Å²) >= 11 is 5.72. The van der Waals surface area contributed by atoms with Gasteiger partial charge in [0, 0.05) is 17.8 Å². The molecule has 0 aliphatic carbocycles. The van der Waals surface area contributed by atoms with E-state index in [0.29, 0.717) is 0 Å². The minimum absolute atomic E-state index is 0.0378. The van der Waals surface area contributed by atoms with Crippen LogP contribution in [0.3, 0.4) is 0 Å². The molecule has 2 aromatic rings. The van der Waals surface area contributed by atoms with Crippen molar-refractivity contribution in [2.45, 2.75) is 4.90 Å². The Morgan fingerprint density at radius 3 is 2.35 bits per heavy atom. The second-order valence-corrected chi connectivity index (χ2v) is 6.12. The van der Waals surface area contributed by atoms with E-state index in [1.165, 1.54) is 24.3 Å². The molecule has 0 atom stereocenters. The molecule has 2 N–H and O–H groups in total. The number of benzene rings is 2. The summed E-state index contributed by atoms with van der Waals surface area (Å²) < 4.78 is 40.0. The zero-order valence-electron chi connectivity index (χ0n) is 10.5. The molecule has 0 saturated carbocycles.